The third kappa shape index (κ3) is 7.62. The third-order valence-electron chi connectivity index (χ3n) is 2.38. The quantitative estimate of drug-likeness (QED) is 0.546. The van der Waals surface area contributed by atoms with E-state index in [9.17, 15) is 9.90 Å². The summed E-state index contributed by atoms with van der Waals surface area (Å²) in [6, 6.07) is 0.00554. The monoisotopic (exact) mass is 232 g/mol. The van der Waals surface area contributed by atoms with Crippen LogP contribution in [0.5, 0.6) is 0 Å². The lowest BCUT2D eigenvalue weighted by Crippen LogP contribution is -2.44. The number of methoxy groups -OCH3 is 1. The van der Waals surface area contributed by atoms with E-state index in [-0.39, 0.29) is 18.5 Å². The highest BCUT2D eigenvalue weighted by Crippen LogP contribution is 2.05. The first-order valence-corrected chi connectivity index (χ1v) is 5.62. The summed E-state index contributed by atoms with van der Waals surface area (Å²) >= 11 is 0. The summed E-state index contributed by atoms with van der Waals surface area (Å²) < 4.78 is 4.91. The number of carbonyl (C=O) groups is 1. The van der Waals surface area contributed by atoms with Crippen LogP contribution in [0.1, 0.15) is 27.2 Å². The summed E-state index contributed by atoms with van der Waals surface area (Å²) in [6.07, 6.45) is 0.654. The highest BCUT2D eigenvalue weighted by atomic mass is 16.5. The van der Waals surface area contributed by atoms with Gasteiger partial charge in [0.25, 0.3) is 0 Å². The van der Waals surface area contributed by atoms with E-state index in [0.717, 1.165) is 0 Å². The van der Waals surface area contributed by atoms with Gasteiger partial charge in [0.2, 0.25) is 5.91 Å². The SMILES string of the molecule is CCC(C)(O)CNCC(=O)NC(C)COC. The van der Waals surface area contributed by atoms with Gasteiger partial charge in [-0.1, -0.05) is 6.92 Å². The van der Waals surface area contributed by atoms with Crippen molar-refractivity contribution in [2.24, 2.45) is 0 Å². The summed E-state index contributed by atoms with van der Waals surface area (Å²) in [5.74, 6) is -0.0866. The van der Waals surface area contributed by atoms with Gasteiger partial charge >= 0.3 is 0 Å². The van der Waals surface area contributed by atoms with E-state index in [2.05, 4.69) is 10.6 Å². The van der Waals surface area contributed by atoms with Crippen molar-refractivity contribution in [2.45, 2.75) is 38.8 Å². The van der Waals surface area contributed by atoms with Gasteiger partial charge in [-0.3, -0.25) is 4.79 Å². The fourth-order valence-electron chi connectivity index (χ4n) is 1.19. The lowest BCUT2D eigenvalue weighted by molar-refractivity contribution is -0.121. The maximum Gasteiger partial charge on any atom is 0.234 e. The van der Waals surface area contributed by atoms with E-state index in [1.165, 1.54) is 0 Å². The fraction of sp³-hybridized carbons (Fsp3) is 0.909. The molecule has 96 valence electrons. The van der Waals surface area contributed by atoms with Crippen LogP contribution in [0.2, 0.25) is 0 Å². The Bertz CT molecular complexity index is 207. The summed E-state index contributed by atoms with van der Waals surface area (Å²) in [5.41, 5.74) is -0.752. The van der Waals surface area contributed by atoms with E-state index < -0.39 is 5.60 Å². The molecule has 0 aliphatic heterocycles. The Balaban J connectivity index is 3.66. The highest BCUT2D eigenvalue weighted by molar-refractivity contribution is 5.78. The molecule has 5 heteroatoms. The average molecular weight is 232 g/mol. The smallest absolute Gasteiger partial charge is 0.234 e. The van der Waals surface area contributed by atoms with E-state index >= 15 is 0 Å². The van der Waals surface area contributed by atoms with Crippen molar-refractivity contribution < 1.29 is 14.6 Å². The molecule has 0 saturated carbocycles. The zero-order valence-electron chi connectivity index (χ0n) is 10.7. The number of aliphatic hydroxyl groups is 1. The topological polar surface area (TPSA) is 70.6 Å². The first-order valence-electron chi connectivity index (χ1n) is 5.62. The van der Waals surface area contributed by atoms with Gasteiger partial charge < -0.3 is 20.5 Å². The van der Waals surface area contributed by atoms with Gasteiger partial charge in [-0.25, -0.2) is 0 Å². The van der Waals surface area contributed by atoms with Crippen LogP contribution in [0.3, 0.4) is 0 Å². The van der Waals surface area contributed by atoms with Crippen LogP contribution in [-0.2, 0) is 9.53 Å². The highest BCUT2D eigenvalue weighted by Gasteiger charge is 2.17. The minimum atomic E-state index is -0.752. The fourth-order valence-corrected chi connectivity index (χ4v) is 1.19. The minimum Gasteiger partial charge on any atom is -0.389 e. The van der Waals surface area contributed by atoms with E-state index in [1.807, 2.05) is 13.8 Å². The predicted molar refractivity (Wildman–Crippen MR) is 63.3 cm³/mol. The van der Waals surface area contributed by atoms with Crippen LogP contribution < -0.4 is 10.6 Å². The number of carbonyl (C=O) groups excluding carboxylic acids is 1. The van der Waals surface area contributed by atoms with Gasteiger partial charge in [0.1, 0.15) is 0 Å². The molecule has 0 fully saturated rings. The molecule has 5 nitrogen and oxygen atoms in total. The van der Waals surface area contributed by atoms with Crippen LogP contribution in [-0.4, -0.2) is 49.5 Å². The Morgan fingerprint density at radius 1 is 1.56 bits per heavy atom. The number of rotatable bonds is 8. The predicted octanol–water partition coefficient (Wildman–Crippen LogP) is -0.112. The first-order chi connectivity index (χ1) is 7.41. The molecular formula is C11H24N2O3. The number of hydrogen-bond acceptors (Lipinski definition) is 4. The van der Waals surface area contributed by atoms with Crippen LogP contribution in [0.4, 0.5) is 0 Å². The van der Waals surface area contributed by atoms with Crippen molar-refractivity contribution in [3.05, 3.63) is 0 Å². The maximum atomic E-state index is 11.4. The van der Waals surface area contributed by atoms with Gasteiger partial charge in [-0.15, -0.1) is 0 Å². The lowest BCUT2D eigenvalue weighted by Gasteiger charge is -2.21. The molecule has 0 radical (unpaired) electrons. The van der Waals surface area contributed by atoms with E-state index in [1.54, 1.807) is 14.0 Å². The summed E-state index contributed by atoms with van der Waals surface area (Å²) in [4.78, 5) is 11.4. The van der Waals surface area contributed by atoms with E-state index in [0.29, 0.717) is 19.6 Å². The largest absolute Gasteiger partial charge is 0.389 e. The van der Waals surface area contributed by atoms with E-state index in [4.69, 9.17) is 4.74 Å². The molecule has 0 heterocycles. The molecule has 0 aromatic carbocycles. The van der Waals surface area contributed by atoms with Crippen molar-refractivity contribution in [1.82, 2.24) is 10.6 Å². The van der Waals surface area contributed by atoms with Crippen LogP contribution in [0.25, 0.3) is 0 Å². The van der Waals surface area contributed by atoms with Crippen LogP contribution in [0, 0.1) is 0 Å². The lowest BCUT2D eigenvalue weighted by atomic mass is 10.0. The van der Waals surface area contributed by atoms with Crippen molar-refractivity contribution in [3.63, 3.8) is 0 Å². The Hall–Kier alpha value is -0.650. The van der Waals surface area contributed by atoms with Crippen molar-refractivity contribution in [1.29, 1.82) is 0 Å². The molecule has 16 heavy (non-hydrogen) atoms. The zero-order valence-corrected chi connectivity index (χ0v) is 10.7. The molecule has 0 aromatic rings. The molecule has 1 amide bonds. The van der Waals surface area contributed by atoms with Gasteiger partial charge in [-0.2, -0.15) is 0 Å². The Labute approximate surface area is 97.6 Å². The number of hydrogen-bond donors (Lipinski definition) is 3. The average Bonchev–Trinajstić information content (AvgIpc) is 2.17. The molecule has 0 spiro atoms. The normalized spacial score (nSPS) is 16.6. The van der Waals surface area contributed by atoms with Crippen molar-refractivity contribution in [3.8, 4) is 0 Å². The second kappa shape index (κ2) is 7.60. The van der Waals surface area contributed by atoms with Gasteiger partial charge in [0.05, 0.1) is 18.8 Å². The molecule has 2 atom stereocenters. The molecule has 0 bridgehead atoms. The second-order valence-electron chi connectivity index (χ2n) is 4.38. The molecule has 0 aromatic heterocycles. The van der Waals surface area contributed by atoms with Crippen molar-refractivity contribution >= 4 is 5.91 Å². The van der Waals surface area contributed by atoms with Crippen LogP contribution >= 0.6 is 0 Å². The standard InChI is InChI=1S/C11H24N2O3/c1-5-11(3,15)8-12-6-10(14)13-9(2)7-16-4/h9,12,15H,5-8H2,1-4H3,(H,13,14). The molecule has 2 unspecified atom stereocenters. The number of amides is 1. The summed E-state index contributed by atoms with van der Waals surface area (Å²) in [6.45, 7) is 6.65. The van der Waals surface area contributed by atoms with Gasteiger partial charge in [0, 0.05) is 19.7 Å². The van der Waals surface area contributed by atoms with Crippen molar-refractivity contribution in [2.75, 3.05) is 26.8 Å². The molecule has 0 saturated heterocycles. The third-order valence-corrected chi connectivity index (χ3v) is 2.38. The number of nitrogens with one attached hydrogen (secondary N) is 2. The molecule has 3 N–H and O–H groups in total. The van der Waals surface area contributed by atoms with Gasteiger partial charge in [0.15, 0.2) is 0 Å². The number of ether oxygens (including phenoxy) is 1. The second-order valence-corrected chi connectivity index (χ2v) is 4.38. The maximum absolute atomic E-state index is 11.4. The van der Waals surface area contributed by atoms with Crippen LogP contribution in [0.15, 0.2) is 0 Å². The zero-order chi connectivity index (χ0) is 12.6. The Kier molecular flexibility index (Phi) is 7.29. The summed E-state index contributed by atoms with van der Waals surface area (Å²) in [7, 11) is 1.60. The molecule has 0 aliphatic rings. The molecular weight excluding hydrogens is 208 g/mol. The Morgan fingerprint density at radius 3 is 2.69 bits per heavy atom. The minimum absolute atomic E-state index is 0.00554. The van der Waals surface area contributed by atoms with Gasteiger partial charge in [-0.05, 0) is 20.3 Å². The Morgan fingerprint density at radius 2 is 2.19 bits per heavy atom. The molecule has 0 rings (SSSR count). The first kappa shape index (κ1) is 15.3. The molecule has 0 aliphatic carbocycles. The summed E-state index contributed by atoms with van der Waals surface area (Å²) in [5, 5.41) is 15.4.